The van der Waals surface area contributed by atoms with E-state index in [2.05, 4.69) is 4.72 Å². The van der Waals surface area contributed by atoms with Gasteiger partial charge in [-0.15, -0.1) is 0 Å². The smallest absolute Gasteiger partial charge is 0.262 e. The Balaban J connectivity index is 1.72. The molecule has 3 aromatic rings. The molecule has 1 aliphatic heterocycles. The van der Waals surface area contributed by atoms with E-state index < -0.39 is 10.0 Å². The zero-order valence-corrected chi connectivity index (χ0v) is 14.3. The Hall–Kier alpha value is -2.64. The van der Waals surface area contributed by atoms with Gasteiger partial charge in [0, 0.05) is 17.6 Å². The topological polar surface area (TPSA) is 79.6 Å². The molecule has 0 fully saturated rings. The van der Waals surface area contributed by atoms with Crippen molar-refractivity contribution >= 4 is 32.6 Å². The van der Waals surface area contributed by atoms with Crippen molar-refractivity contribution in [3.63, 3.8) is 0 Å². The number of nitrogens with zero attached hydrogens (tertiary/aromatic N) is 1. The van der Waals surface area contributed by atoms with Gasteiger partial charge in [0.15, 0.2) is 0 Å². The fraction of sp³-hybridized carbons (Fsp3) is 0.167. The van der Waals surface area contributed by atoms with Crippen LogP contribution in [-0.4, -0.2) is 27.9 Å². The average Bonchev–Trinajstić information content (AvgIpc) is 3.24. The fourth-order valence-electron chi connectivity index (χ4n) is 3.16. The van der Waals surface area contributed by atoms with Crippen LogP contribution in [0, 0.1) is 0 Å². The van der Waals surface area contributed by atoms with Crippen LogP contribution in [0.4, 0.5) is 5.69 Å². The summed E-state index contributed by atoms with van der Waals surface area (Å²) >= 11 is 0. The number of para-hydroxylation sites is 1. The molecule has 4 rings (SSSR count). The number of amides is 1. The highest BCUT2D eigenvalue weighted by molar-refractivity contribution is 7.89. The summed E-state index contributed by atoms with van der Waals surface area (Å²) in [5.41, 5.74) is 2.76. The third-order valence-electron chi connectivity index (χ3n) is 4.48. The van der Waals surface area contributed by atoms with Gasteiger partial charge in [-0.25, -0.2) is 13.1 Å². The van der Waals surface area contributed by atoms with Gasteiger partial charge in [0.05, 0.1) is 10.5 Å². The van der Waals surface area contributed by atoms with Crippen LogP contribution < -0.4 is 9.62 Å². The van der Waals surface area contributed by atoms with Gasteiger partial charge >= 0.3 is 0 Å². The number of rotatable bonds is 3. The second kappa shape index (κ2) is 5.72. The third-order valence-corrected chi connectivity index (χ3v) is 5.89. The molecule has 0 saturated carbocycles. The van der Waals surface area contributed by atoms with Gasteiger partial charge in [-0.2, -0.15) is 0 Å². The van der Waals surface area contributed by atoms with E-state index >= 15 is 0 Å². The van der Waals surface area contributed by atoms with Crippen LogP contribution in [0.25, 0.3) is 11.0 Å². The van der Waals surface area contributed by atoms with E-state index in [1.54, 1.807) is 17.0 Å². The summed E-state index contributed by atoms with van der Waals surface area (Å²) in [7, 11) is -2.12. The number of benzene rings is 2. The zero-order valence-electron chi connectivity index (χ0n) is 13.5. The standard InChI is InChI=1S/C18H16N2O4S/c1-19-25(22,23)13-6-7-16-12(10-13)8-9-20(16)18(21)15-11-24-17-5-3-2-4-14(15)17/h2-7,10-11,19H,8-9H2,1H3. The van der Waals surface area contributed by atoms with Gasteiger partial charge in [-0.3, -0.25) is 4.79 Å². The molecule has 0 aliphatic carbocycles. The predicted octanol–water partition coefficient (Wildman–Crippen LogP) is 2.54. The van der Waals surface area contributed by atoms with Crippen molar-refractivity contribution in [3.05, 3.63) is 59.9 Å². The number of nitrogens with one attached hydrogen (secondary N) is 1. The summed E-state index contributed by atoms with van der Waals surface area (Å²) < 4.78 is 31.7. The Kier molecular flexibility index (Phi) is 3.63. The predicted molar refractivity (Wildman–Crippen MR) is 94.3 cm³/mol. The van der Waals surface area contributed by atoms with Crippen molar-refractivity contribution in [2.75, 3.05) is 18.5 Å². The van der Waals surface area contributed by atoms with Gasteiger partial charge in [0.1, 0.15) is 11.8 Å². The summed E-state index contributed by atoms with van der Waals surface area (Å²) in [6.45, 7) is 0.511. The molecule has 1 N–H and O–H groups in total. The van der Waals surface area contributed by atoms with Crippen molar-refractivity contribution < 1.29 is 17.6 Å². The number of fused-ring (bicyclic) bond motifs is 2. The first-order chi connectivity index (χ1) is 12.0. The summed E-state index contributed by atoms with van der Waals surface area (Å²) in [6.07, 6.45) is 2.09. The first-order valence-corrected chi connectivity index (χ1v) is 9.34. The number of carbonyl (C=O) groups is 1. The highest BCUT2D eigenvalue weighted by atomic mass is 32.2. The van der Waals surface area contributed by atoms with E-state index in [4.69, 9.17) is 4.42 Å². The molecule has 0 spiro atoms. The highest BCUT2D eigenvalue weighted by Crippen LogP contribution is 2.32. The number of hydrogen-bond acceptors (Lipinski definition) is 4. The van der Waals surface area contributed by atoms with Gasteiger partial charge in [0.2, 0.25) is 10.0 Å². The minimum atomic E-state index is -3.50. The molecule has 2 heterocycles. The van der Waals surface area contributed by atoms with E-state index in [1.165, 1.54) is 19.4 Å². The van der Waals surface area contributed by atoms with Crippen molar-refractivity contribution in [2.45, 2.75) is 11.3 Å². The molecule has 7 heteroatoms. The minimum absolute atomic E-state index is 0.145. The molecule has 2 aromatic carbocycles. The molecule has 0 saturated heterocycles. The molecule has 0 bridgehead atoms. The van der Waals surface area contributed by atoms with Crippen molar-refractivity contribution in [3.8, 4) is 0 Å². The second-order valence-electron chi connectivity index (χ2n) is 5.85. The maximum atomic E-state index is 13.0. The van der Waals surface area contributed by atoms with E-state index in [0.29, 0.717) is 24.1 Å². The Labute approximate surface area is 145 Å². The van der Waals surface area contributed by atoms with Crippen molar-refractivity contribution in [2.24, 2.45) is 0 Å². The number of sulfonamides is 1. The van der Waals surface area contributed by atoms with Crippen molar-refractivity contribution in [1.29, 1.82) is 0 Å². The first-order valence-electron chi connectivity index (χ1n) is 7.86. The molecule has 1 aliphatic rings. The molecule has 1 aromatic heterocycles. The summed E-state index contributed by atoms with van der Waals surface area (Å²) in [6, 6.07) is 12.2. The third kappa shape index (κ3) is 2.52. The number of carbonyl (C=O) groups excluding carboxylic acids is 1. The molecule has 128 valence electrons. The number of anilines is 1. The molecule has 1 amide bonds. The molecular weight excluding hydrogens is 340 g/mol. The maximum absolute atomic E-state index is 13.0. The van der Waals surface area contributed by atoms with Crippen LogP contribution in [-0.2, 0) is 16.4 Å². The summed E-state index contributed by atoms with van der Waals surface area (Å²) in [5, 5.41) is 0.773. The lowest BCUT2D eigenvalue weighted by Crippen LogP contribution is -2.28. The second-order valence-corrected chi connectivity index (χ2v) is 7.74. The SMILES string of the molecule is CNS(=O)(=O)c1ccc2c(c1)CCN2C(=O)c1coc2ccccc12. The van der Waals surface area contributed by atoms with Gasteiger partial charge < -0.3 is 9.32 Å². The quantitative estimate of drug-likeness (QED) is 0.782. The maximum Gasteiger partial charge on any atom is 0.262 e. The Morgan fingerprint density at radius 3 is 2.80 bits per heavy atom. The van der Waals surface area contributed by atoms with Crippen molar-refractivity contribution in [1.82, 2.24) is 4.72 Å². The zero-order chi connectivity index (χ0) is 17.6. The van der Waals surface area contributed by atoms with Crippen LogP contribution in [0.5, 0.6) is 0 Å². The van der Waals surface area contributed by atoms with Gasteiger partial charge in [-0.1, -0.05) is 18.2 Å². The van der Waals surface area contributed by atoms with E-state index in [1.807, 2.05) is 24.3 Å². The van der Waals surface area contributed by atoms with E-state index in [0.717, 1.165) is 16.6 Å². The molecule has 0 unspecified atom stereocenters. The molecule has 6 nitrogen and oxygen atoms in total. The lowest BCUT2D eigenvalue weighted by molar-refractivity contribution is 0.0990. The number of furan rings is 1. The van der Waals surface area contributed by atoms with Crippen LogP contribution in [0.3, 0.4) is 0 Å². The largest absolute Gasteiger partial charge is 0.463 e. The Morgan fingerprint density at radius 1 is 1.20 bits per heavy atom. The lowest BCUT2D eigenvalue weighted by atomic mass is 10.1. The first kappa shape index (κ1) is 15.9. The van der Waals surface area contributed by atoms with Crippen LogP contribution >= 0.6 is 0 Å². The molecular formula is C18H16N2O4S. The van der Waals surface area contributed by atoms with E-state index in [-0.39, 0.29) is 10.8 Å². The number of hydrogen-bond donors (Lipinski definition) is 1. The van der Waals surface area contributed by atoms with Gasteiger partial charge in [-0.05, 0) is 43.3 Å². The van der Waals surface area contributed by atoms with Gasteiger partial charge in [0.25, 0.3) is 5.91 Å². The molecule has 0 atom stereocenters. The summed E-state index contributed by atoms with van der Waals surface area (Å²) in [4.78, 5) is 14.8. The Bertz CT molecular complexity index is 1090. The van der Waals surface area contributed by atoms with E-state index in [9.17, 15) is 13.2 Å². The average molecular weight is 356 g/mol. The van der Waals surface area contributed by atoms with Crippen LogP contribution in [0.15, 0.2) is 58.0 Å². The molecule has 0 radical (unpaired) electrons. The monoisotopic (exact) mass is 356 g/mol. The Morgan fingerprint density at radius 2 is 2.00 bits per heavy atom. The van der Waals surface area contributed by atoms with Crippen LogP contribution in [0.2, 0.25) is 0 Å². The fourth-order valence-corrected chi connectivity index (χ4v) is 3.94. The highest BCUT2D eigenvalue weighted by Gasteiger charge is 2.28. The lowest BCUT2D eigenvalue weighted by Gasteiger charge is -2.17. The normalized spacial score (nSPS) is 14.0. The molecule has 25 heavy (non-hydrogen) atoms. The van der Waals surface area contributed by atoms with Crippen LogP contribution in [0.1, 0.15) is 15.9 Å². The summed E-state index contributed by atoms with van der Waals surface area (Å²) in [5.74, 6) is -0.145. The minimum Gasteiger partial charge on any atom is -0.463 e.